The fourth-order valence-corrected chi connectivity index (χ4v) is 1.80. The Morgan fingerprint density at radius 3 is 2.00 bits per heavy atom. The number of hydrogen-bond acceptors (Lipinski definition) is 3. The maximum Gasteiger partial charge on any atom is 0.337 e. The third-order valence-corrected chi connectivity index (χ3v) is 2.77. The average Bonchev–Trinajstić information content (AvgIpc) is 2.38. The number of carboxylic acids is 1. The fourth-order valence-electron chi connectivity index (χ4n) is 1.80. The Labute approximate surface area is 112 Å². The molecule has 102 valence electrons. The predicted octanol–water partition coefficient (Wildman–Crippen LogP) is 2.48. The lowest BCUT2D eigenvalue weighted by Gasteiger charge is -2.08. The van der Waals surface area contributed by atoms with E-state index in [4.69, 9.17) is 10.8 Å². The molecule has 2 aromatic rings. The molecular weight excluding hydrogens is 268 g/mol. The normalized spacial score (nSPS) is 10.3. The van der Waals surface area contributed by atoms with E-state index in [-0.39, 0.29) is 16.8 Å². The quantitative estimate of drug-likeness (QED) is 0.667. The smallest absolute Gasteiger partial charge is 0.337 e. The lowest BCUT2D eigenvalue weighted by atomic mass is 9.98. The maximum atomic E-state index is 13.6. The van der Waals surface area contributed by atoms with Crippen LogP contribution in [0.3, 0.4) is 0 Å². The molecule has 0 heterocycles. The van der Waals surface area contributed by atoms with Crippen molar-refractivity contribution in [3.8, 4) is 0 Å². The number of para-hydroxylation sites is 1. The maximum absolute atomic E-state index is 13.6. The van der Waals surface area contributed by atoms with Crippen LogP contribution in [0.2, 0.25) is 0 Å². The van der Waals surface area contributed by atoms with Crippen molar-refractivity contribution in [3.05, 3.63) is 64.7 Å². The Hall–Kier alpha value is -2.76. The molecule has 0 bridgehead atoms. The number of anilines is 1. The van der Waals surface area contributed by atoms with Crippen LogP contribution >= 0.6 is 0 Å². The van der Waals surface area contributed by atoms with Crippen molar-refractivity contribution in [1.82, 2.24) is 0 Å². The highest BCUT2D eigenvalue weighted by Gasteiger charge is 2.22. The van der Waals surface area contributed by atoms with Crippen LogP contribution in [-0.4, -0.2) is 16.9 Å². The number of ketones is 1. The predicted molar refractivity (Wildman–Crippen MR) is 67.6 cm³/mol. The molecule has 0 aromatic heterocycles. The number of carboxylic acid groups (broad SMARTS) is 1. The lowest BCUT2D eigenvalue weighted by molar-refractivity contribution is 0.0698. The first-order chi connectivity index (χ1) is 9.43. The third-order valence-electron chi connectivity index (χ3n) is 2.77. The van der Waals surface area contributed by atoms with E-state index in [2.05, 4.69) is 0 Å². The standard InChI is InChI=1S/C14H9F2NO3/c15-9-5-2-6-10(16)11(9)13(18)7-3-1-4-8(12(7)17)14(19)20/h1-6H,17H2,(H,19,20). The third kappa shape index (κ3) is 2.23. The number of hydrogen-bond donors (Lipinski definition) is 2. The summed E-state index contributed by atoms with van der Waals surface area (Å²) in [7, 11) is 0. The molecule has 0 saturated carbocycles. The van der Waals surface area contributed by atoms with Gasteiger partial charge in [0, 0.05) is 5.56 Å². The molecule has 0 unspecified atom stereocenters. The molecule has 20 heavy (non-hydrogen) atoms. The van der Waals surface area contributed by atoms with Crippen LogP contribution in [0.15, 0.2) is 36.4 Å². The van der Waals surface area contributed by atoms with Crippen LogP contribution in [0.1, 0.15) is 26.3 Å². The van der Waals surface area contributed by atoms with E-state index in [1.54, 1.807) is 0 Å². The van der Waals surface area contributed by atoms with Gasteiger partial charge >= 0.3 is 5.97 Å². The highest BCUT2D eigenvalue weighted by Crippen LogP contribution is 2.23. The number of benzene rings is 2. The summed E-state index contributed by atoms with van der Waals surface area (Å²) in [6.07, 6.45) is 0. The molecule has 0 radical (unpaired) electrons. The van der Waals surface area contributed by atoms with Gasteiger partial charge < -0.3 is 10.8 Å². The van der Waals surface area contributed by atoms with Gasteiger partial charge in [0.05, 0.1) is 16.8 Å². The van der Waals surface area contributed by atoms with Gasteiger partial charge in [-0.15, -0.1) is 0 Å². The van der Waals surface area contributed by atoms with Gasteiger partial charge in [0.15, 0.2) is 0 Å². The van der Waals surface area contributed by atoms with Crippen molar-refractivity contribution < 1.29 is 23.5 Å². The zero-order chi connectivity index (χ0) is 14.9. The molecule has 4 nitrogen and oxygen atoms in total. The van der Waals surface area contributed by atoms with Gasteiger partial charge in [-0.25, -0.2) is 13.6 Å². The average molecular weight is 277 g/mol. The van der Waals surface area contributed by atoms with E-state index in [0.717, 1.165) is 18.2 Å². The molecule has 0 fully saturated rings. The number of nitrogens with two attached hydrogens (primary N) is 1. The van der Waals surface area contributed by atoms with Crippen LogP contribution in [0.5, 0.6) is 0 Å². The molecule has 2 rings (SSSR count). The Kier molecular flexibility index (Phi) is 3.47. The summed E-state index contributed by atoms with van der Waals surface area (Å²) in [6.45, 7) is 0. The minimum atomic E-state index is -1.33. The number of carbonyl (C=O) groups is 2. The first-order valence-electron chi connectivity index (χ1n) is 5.54. The fraction of sp³-hybridized carbons (Fsp3) is 0. The van der Waals surface area contributed by atoms with Crippen molar-refractivity contribution in [1.29, 1.82) is 0 Å². The minimum Gasteiger partial charge on any atom is -0.478 e. The van der Waals surface area contributed by atoms with E-state index in [1.165, 1.54) is 18.2 Å². The topological polar surface area (TPSA) is 80.4 Å². The zero-order valence-electron chi connectivity index (χ0n) is 10.1. The molecule has 0 aliphatic rings. The summed E-state index contributed by atoms with van der Waals surface area (Å²) in [5, 5.41) is 8.91. The number of aromatic carboxylic acids is 1. The van der Waals surface area contributed by atoms with Crippen LogP contribution in [-0.2, 0) is 0 Å². The molecule has 0 atom stereocenters. The largest absolute Gasteiger partial charge is 0.478 e. The van der Waals surface area contributed by atoms with Crippen molar-refractivity contribution >= 4 is 17.4 Å². The summed E-state index contributed by atoms with van der Waals surface area (Å²) in [6, 6.07) is 6.70. The minimum absolute atomic E-state index is 0.256. The van der Waals surface area contributed by atoms with Crippen molar-refractivity contribution in [2.45, 2.75) is 0 Å². The highest BCUT2D eigenvalue weighted by molar-refractivity contribution is 6.14. The Bertz CT molecular complexity index is 693. The van der Waals surface area contributed by atoms with Crippen LogP contribution < -0.4 is 5.73 Å². The molecule has 2 aromatic carbocycles. The van der Waals surface area contributed by atoms with E-state index in [1.807, 2.05) is 0 Å². The molecule has 0 amide bonds. The van der Waals surface area contributed by atoms with Gasteiger partial charge in [0.25, 0.3) is 0 Å². The second-order valence-corrected chi connectivity index (χ2v) is 4.00. The van der Waals surface area contributed by atoms with Crippen LogP contribution in [0.25, 0.3) is 0 Å². The summed E-state index contributed by atoms with van der Waals surface area (Å²) >= 11 is 0. The monoisotopic (exact) mass is 277 g/mol. The summed E-state index contributed by atoms with van der Waals surface area (Å²) in [5.41, 5.74) is 3.93. The van der Waals surface area contributed by atoms with E-state index in [9.17, 15) is 18.4 Å². The summed E-state index contributed by atoms with van der Waals surface area (Å²) < 4.78 is 27.1. The van der Waals surface area contributed by atoms with Crippen molar-refractivity contribution in [2.75, 3.05) is 5.73 Å². The molecule has 0 aliphatic carbocycles. The molecule has 0 spiro atoms. The second kappa shape index (κ2) is 5.08. The van der Waals surface area contributed by atoms with Crippen molar-refractivity contribution in [3.63, 3.8) is 0 Å². The number of rotatable bonds is 3. The number of carbonyl (C=O) groups excluding carboxylic acids is 1. The Morgan fingerprint density at radius 1 is 0.950 bits per heavy atom. The number of halogens is 2. The van der Waals surface area contributed by atoms with E-state index in [0.29, 0.717) is 0 Å². The molecule has 3 N–H and O–H groups in total. The summed E-state index contributed by atoms with van der Waals surface area (Å²) in [5.74, 6) is -4.39. The Balaban J connectivity index is 2.61. The molecular formula is C14H9F2NO3. The molecule has 0 saturated heterocycles. The number of nitrogen functional groups attached to an aromatic ring is 1. The Morgan fingerprint density at radius 2 is 1.45 bits per heavy atom. The SMILES string of the molecule is Nc1c(C(=O)O)cccc1C(=O)c1c(F)cccc1F. The highest BCUT2D eigenvalue weighted by atomic mass is 19.1. The van der Waals surface area contributed by atoms with Gasteiger partial charge in [-0.3, -0.25) is 4.79 Å². The van der Waals surface area contributed by atoms with Crippen LogP contribution in [0, 0.1) is 11.6 Å². The van der Waals surface area contributed by atoms with Gasteiger partial charge in [0.1, 0.15) is 11.6 Å². The molecule has 0 aliphatic heterocycles. The lowest BCUT2D eigenvalue weighted by Crippen LogP contribution is -2.13. The van der Waals surface area contributed by atoms with Crippen molar-refractivity contribution in [2.24, 2.45) is 0 Å². The second-order valence-electron chi connectivity index (χ2n) is 4.00. The van der Waals surface area contributed by atoms with E-state index >= 15 is 0 Å². The zero-order valence-corrected chi connectivity index (χ0v) is 10.1. The van der Waals surface area contributed by atoms with Crippen LogP contribution in [0.4, 0.5) is 14.5 Å². The first-order valence-corrected chi connectivity index (χ1v) is 5.54. The van der Waals surface area contributed by atoms with E-state index < -0.39 is 29.0 Å². The van der Waals surface area contributed by atoms with Gasteiger partial charge in [-0.05, 0) is 24.3 Å². The first kappa shape index (κ1) is 13.7. The molecule has 6 heteroatoms. The van der Waals surface area contributed by atoms with Gasteiger partial charge in [-0.1, -0.05) is 12.1 Å². The van der Waals surface area contributed by atoms with Gasteiger partial charge in [-0.2, -0.15) is 0 Å². The van der Waals surface area contributed by atoms with Gasteiger partial charge in [0.2, 0.25) is 5.78 Å². The summed E-state index contributed by atoms with van der Waals surface area (Å²) in [4.78, 5) is 23.1.